The van der Waals surface area contributed by atoms with Crippen LogP contribution >= 0.6 is 0 Å². The number of carbonyl (C=O) groups is 1. The number of ether oxygens (including phenoxy) is 1. The van der Waals surface area contributed by atoms with Crippen molar-refractivity contribution < 1.29 is 9.53 Å². The minimum atomic E-state index is 0.246. The Hall–Kier alpha value is -2.35. The zero-order valence-electron chi connectivity index (χ0n) is 18.7. The fourth-order valence-corrected chi connectivity index (χ4v) is 4.80. The lowest BCUT2D eigenvalue weighted by molar-refractivity contribution is -0.134. The molecule has 0 aromatic carbocycles. The molecule has 3 heterocycles. The summed E-state index contributed by atoms with van der Waals surface area (Å²) in [5, 5.41) is 6.91. The number of anilines is 1. The van der Waals surface area contributed by atoms with Gasteiger partial charge in [0.15, 0.2) is 5.96 Å². The Morgan fingerprint density at radius 2 is 2.03 bits per heavy atom. The Morgan fingerprint density at radius 1 is 1.23 bits per heavy atom. The summed E-state index contributed by atoms with van der Waals surface area (Å²) >= 11 is 0. The van der Waals surface area contributed by atoms with E-state index in [1.165, 1.54) is 12.8 Å². The van der Waals surface area contributed by atoms with Gasteiger partial charge in [0.1, 0.15) is 5.82 Å². The summed E-state index contributed by atoms with van der Waals surface area (Å²) in [5.41, 5.74) is 1.12. The van der Waals surface area contributed by atoms with E-state index in [2.05, 4.69) is 38.4 Å². The third-order valence-corrected chi connectivity index (χ3v) is 6.48. The Kier molecular flexibility index (Phi) is 7.61. The van der Waals surface area contributed by atoms with E-state index in [1.807, 2.05) is 12.3 Å². The van der Waals surface area contributed by atoms with Gasteiger partial charge in [-0.3, -0.25) is 4.79 Å². The second-order valence-corrected chi connectivity index (χ2v) is 8.68. The molecule has 0 bridgehead atoms. The molecule has 1 aliphatic carbocycles. The zero-order valence-corrected chi connectivity index (χ0v) is 18.7. The fourth-order valence-electron chi connectivity index (χ4n) is 4.80. The van der Waals surface area contributed by atoms with Gasteiger partial charge in [0, 0.05) is 56.4 Å². The molecule has 0 radical (unpaired) electrons. The highest BCUT2D eigenvalue weighted by Gasteiger charge is 2.32. The van der Waals surface area contributed by atoms with Gasteiger partial charge in [-0.05, 0) is 32.3 Å². The number of aliphatic imine (C=N–C) groups is 1. The van der Waals surface area contributed by atoms with Crippen LogP contribution in [0.25, 0.3) is 0 Å². The first-order chi connectivity index (χ1) is 15.2. The average molecular weight is 429 g/mol. The van der Waals surface area contributed by atoms with Gasteiger partial charge in [0.25, 0.3) is 0 Å². The van der Waals surface area contributed by atoms with Crippen molar-refractivity contribution >= 4 is 17.7 Å². The topological polar surface area (TPSA) is 82.1 Å². The number of amides is 1. The summed E-state index contributed by atoms with van der Waals surface area (Å²) in [5.74, 6) is 2.41. The van der Waals surface area contributed by atoms with Crippen LogP contribution in [0.5, 0.6) is 0 Å². The van der Waals surface area contributed by atoms with Gasteiger partial charge in [-0.25, -0.2) is 9.98 Å². The Bertz CT molecular complexity index is 758. The number of hydrogen-bond donors (Lipinski definition) is 2. The van der Waals surface area contributed by atoms with Gasteiger partial charge in [0.05, 0.1) is 19.8 Å². The summed E-state index contributed by atoms with van der Waals surface area (Å²) in [7, 11) is 0. The van der Waals surface area contributed by atoms with Crippen molar-refractivity contribution in [1.82, 2.24) is 20.5 Å². The van der Waals surface area contributed by atoms with Crippen LogP contribution in [0.1, 0.15) is 44.6 Å². The summed E-state index contributed by atoms with van der Waals surface area (Å²) in [6, 6.07) is 4.32. The molecule has 8 nitrogen and oxygen atoms in total. The smallest absolute Gasteiger partial charge is 0.225 e. The van der Waals surface area contributed by atoms with Crippen LogP contribution in [0, 0.1) is 5.92 Å². The van der Waals surface area contributed by atoms with Crippen molar-refractivity contribution in [1.29, 1.82) is 0 Å². The molecule has 1 amide bonds. The third-order valence-electron chi connectivity index (χ3n) is 6.48. The van der Waals surface area contributed by atoms with E-state index < -0.39 is 0 Å². The monoisotopic (exact) mass is 428 g/mol. The van der Waals surface area contributed by atoms with Crippen LogP contribution < -0.4 is 15.5 Å². The van der Waals surface area contributed by atoms with E-state index in [1.54, 1.807) is 0 Å². The predicted octanol–water partition coefficient (Wildman–Crippen LogP) is 1.76. The molecule has 3 aliphatic rings. The van der Waals surface area contributed by atoms with E-state index in [0.29, 0.717) is 12.5 Å². The number of nitrogens with zero attached hydrogens (tertiary/aromatic N) is 4. The minimum Gasteiger partial charge on any atom is -0.378 e. The van der Waals surface area contributed by atoms with Gasteiger partial charge in [-0.15, -0.1) is 0 Å². The maximum absolute atomic E-state index is 12.7. The standard InChI is InChI=1S/C23H36N6O2/c1-2-24-23(27-20-9-11-29(17-20)22(30)18-6-3-4-7-18)26-16-19-8-5-10-25-21(19)28-12-14-31-15-13-28/h5,8,10,18,20H,2-4,6-7,9,11-17H2,1H3,(H2,24,26,27). The maximum Gasteiger partial charge on any atom is 0.225 e. The van der Waals surface area contributed by atoms with Crippen LogP contribution in [-0.4, -0.2) is 73.7 Å². The second-order valence-electron chi connectivity index (χ2n) is 8.68. The quantitative estimate of drug-likeness (QED) is 0.531. The van der Waals surface area contributed by atoms with Crippen LogP contribution in [0.2, 0.25) is 0 Å². The van der Waals surface area contributed by atoms with E-state index in [4.69, 9.17) is 9.73 Å². The summed E-state index contributed by atoms with van der Waals surface area (Å²) < 4.78 is 5.48. The highest BCUT2D eigenvalue weighted by atomic mass is 16.5. The molecule has 1 aromatic rings. The van der Waals surface area contributed by atoms with Crippen LogP contribution in [0.3, 0.4) is 0 Å². The van der Waals surface area contributed by atoms with E-state index in [0.717, 1.165) is 82.5 Å². The van der Waals surface area contributed by atoms with E-state index in [9.17, 15) is 4.79 Å². The average Bonchev–Trinajstić information content (AvgIpc) is 3.51. The maximum atomic E-state index is 12.7. The molecule has 4 rings (SSSR count). The number of guanidine groups is 1. The molecule has 0 spiro atoms. The highest BCUT2D eigenvalue weighted by molar-refractivity contribution is 5.81. The van der Waals surface area contributed by atoms with E-state index >= 15 is 0 Å². The second kappa shape index (κ2) is 10.8. The number of pyridine rings is 1. The number of nitrogens with one attached hydrogen (secondary N) is 2. The lowest BCUT2D eigenvalue weighted by atomic mass is 10.1. The molecular weight excluding hydrogens is 392 g/mol. The molecule has 1 saturated carbocycles. The number of likely N-dealkylation sites (tertiary alicyclic amines) is 1. The van der Waals surface area contributed by atoms with Gasteiger partial charge in [0.2, 0.25) is 5.91 Å². The van der Waals surface area contributed by atoms with Crippen molar-refractivity contribution in [3.8, 4) is 0 Å². The number of rotatable bonds is 6. The first-order valence-electron chi connectivity index (χ1n) is 11.8. The molecule has 31 heavy (non-hydrogen) atoms. The zero-order chi connectivity index (χ0) is 21.5. The first kappa shape index (κ1) is 21.9. The van der Waals surface area contributed by atoms with Crippen molar-refractivity contribution in [2.24, 2.45) is 10.9 Å². The fraction of sp³-hybridized carbons (Fsp3) is 0.696. The Balaban J connectivity index is 1.36. The molecule has 3 fully saturated rings. The van der Waals surface area contributed by atoms with E-state index in [-0.39, 0.29) is 12.0 Å². The number of hydrogen-bond acceptors (Lipinski definition) is 5. The SMILES string of the molecule is CCNC(=NCc1cccnc1N1CCOCC1)NC1CCN(C(=O)C2CCCC2)C1. The summed E-state index contributed by atoms with van der Waals surface area (Å²) in [4.78, 5) is 26.5. The van der Waals surface area contributed by atoms with Crippen LogP contribution in [0.15, 0.2) is 23.3 Å². The van der Waals surface area contributed by atoms with Gasteiger partial charge in [-0.2, -0.15) is 0 Å². The van der Waals surface area contributed by atoms with Gasteiger partial charge >= 0.3 is 0 Å². The van der Waals surface area contributed by atoms with Gasteiger partial charge in [-0.1, -0.05) is 18.9 Å². The molecule has 1 unspecified atom stereocenters. The van der Waals surface area contributed by atoms with Crippen LogP contribution in [-0.2, 0) is 16.1 Å². The normalized spacial score (nSPS) is 22.7. The number of morpholine rings is 1. The molecule has 1 aromatic heterocycles. The summed E-state index contributed by atoms with van der Waals surface area (Å²) in [6.45, 7) is 8.24. The van der Waals surface area contributed by atoms with Crippen LogP contribution in [0.4, 0.5) is 5.82 Å². The molecular formula is C23H36N6O2. The summed E-state index contributed by atoms with van der Waals surface area (Å²) in [6.07, 6.45) is 7.33. The van der Waals surface area contributed by atoms with Crippen molar-refractivity contribution in [2.45, 2.75) is 51.6 Å². The Labute approximate surface area is 185 Å². The Morgan fingerprint density at radius 3 is 2.81 bits per heavy atom. The lowest BCUT2D eigenvalue weighted by Gasteiger charge is -2.29. The first-order valence-corrected chi connectivity index (χ1v) is 11.8. The minimum absolute atomic E-state index is 0.246. The molecule has 1 atom stereocenters. The number of carbonyl (C=O) groups excluding carboxylic acids is 1. The van der Waals surface area contributed by atoms with Crippen molar-refractivity contribution in [3.05, 3.63) is 23.9 Å². The highest BCUT2D eigenvalue weighted by Crippen LogP contribution is 2.28. The molecule has 2 saturated heterocycles. The third kappa shape index (κ3) is 5.67. The van der Waals surface area contributed by atoms with Crippen molar-refractivity contribution in [3.63, 3.8) is 0 Å². The molecule has 2 aliphatic heterocycles. The lowest BCUT2D eigenvalue weighted by Crippen LogP contribution is -2.45. The van der Waals surface area contributed by atoms with Crippen molar-refractivity contribution in [2.75, 3.05) is 50.8 Å². The molecule has 8 heteroatoms. The molecule has 2 N–H and O–H groups in total. The van der Waals surface area contributed by atoms with Gasteiger partial charge < -0.3 is 25.2 Å². The number of aromatic nitrogens is 1. The molecule has 170 valence electrons. The predicted molar refractivity (Wildman–Crippen MR) is 122 cm³/mol. The largest absolute Gasteiger partial charge is 0.378 e.